The lowest BCUT2D eigenvalue weighted by Gasteiger charge is -2.18. The zero-order valence-corrected chi connectivity index (χ0v) is 10.5. The van der Waals surface area contributed by atoms with Gasteiger partial charge in [0.1, 0.15) is 17.5 Å². The van der Waals surface area contributed by atoms with Crippen LogP contribution in [0.3, 0.4) is 0 Å². The summed E-state index contributed by atoms with van der Waals surface area (Å²) in [6, 6.07) is 6.59. The first-order valence-corrected chi connectivity index (χ1v) is 5.68. The van der Waals surface area contributed by atoms with E-state index in [1.165, 1.54) is 31.3 Å². The maximum absolute atomic E-state index is 13.6. The first-order valence-electron chi connectivity index (χ1n) is 5.68. The molecule has 6 heteroatoms. The van der Waals surface area contributed by atoms with Crippen LogP contribution in [0.1, 0.15) is 10.4 Å². The Hall–Kier alpha value is -2.50. The molecule has 2 N–H and O–H groups in total. The molecule has 2 aromatic carbocycles. The normalized spacial score (nSPS) is 10.4. The molecular weight excluding hydrogens is 269 g/mol. The molecule has 1 amide bonds. The molecule has 0 radical (unpaired) electrons. The Morgan fingerprint density at radius 3 is 2.25 bits per heavy atom. The molecule has 0 spiro atoms. The number of nitrogen functional groups attached to an aromatic ring is 1. The summed E-state index contributed by atoms with van der Waals surface area (Å²) in [5.41, 5.74) is 5.03. The van der Waals surface area contributed by atoms with E-state index in [4.69, 9.17) is 5.73 Å². The van der Waals surface area contributed by atoms with Crippen LogP contribution in [-0.2, 0) is 0 Å². The Balaban J connectivity index is 2.36. The Labute approximate surface area is 113 Å². The van der Waals surface area contributed by atoms with Crippen molar-refractivity contribution in [1.29, 1.82) is 0 Å². The van der Waals surface area contributed by atoms with Crippen LogP contribution in [0.15, 0.2) is 36.4 Å². The van der Waals surface area contributed by atoms with Crippen LogP contribution < -0.4 is 10.6 Å². The molecule has 0 aromatic heterocycles. The minimum Gasteiger partial charge on any atom is -0.396 e. The van der Waals surface area contributed by atoms with E-state index in [1.54, 1.807) is 0 Å². The van der Waals surface area contributed by atoms with Gasteiger partial charge in [-0.15, -0.1) is 0 Å². The SMILES string of the molecule is CN(C(=O)c1cc(N)c(F)cc1F)c1ccc(F)cc1. The van der Waals surface area contributed by atoms with Gasteiger partial charge < -0.3 is 10.6 Å². The highest BCUT2D eigenvalue weighted by Gasteiger charge is 2.19. The van der Waals surface area contributed by atoms with E-state index in [0.29, 0.717) is 11.8 Å². The summed E-state index contributed by atoms with van der Waals surface area (Å²) in [5, 5.41) is 0. The quantitative estimate of drug-likeness (QED) is 0.860. The molecule has 0 unspecified atom stereocenters. The van der Waals surface area contributed by atoms with Gasteiger partial charge in [0.25, 0.3) is 5.91 Å². The average molecular weight is 280 g/mol. The molecule has 0 heterocycles. The van der Waals surface area contributed by atoms with E-state index in [2.05, 4.69) is 0 Å². The number of nitrogens with zero attached hydrogens (tertiary/aromatic N) is 1. The van der Waals surface area contributed by atoms with Gasteiger partial charge in [-0.3, -0.25) is 4.79 Å². The second kappa shape index (κ2) is 5.24. The van der Waals surface area contributed by atoms with Crippen LogP contribution in [0.2, 0.25) is 0 Å². The minimum atomic E-state index is -1.00. The lowest BCUT2D eigenvalue weighted by molar-refractivity contribution is 0.0989. The molecule has 0 saturated heterocycles. The molecule has 0 bridgehead atoms. The van der Waals surface area contributed by atoms with Gasteiger partial charge in [-0.1, -0.05) is 0 Å². The van der Waals surface area contributed by atoms with Gasteiger partial charge >= 0.3 is 0 Å². The summed E-state index contributed by atoms with van der Waals surface area (Å²) < 4.78 is 39.5. The number of benzene rings is 2. The highest BCUT2D eigenvalue weighted by Crippen LogP contribution is 2.21. The third-order valence-corrected chi connectivity index (χ3v) is 2.84. The molecule has 0 aliphatic rings. The summed E-state index contributed by atoms with van der Waals surface area (Å²) in [7, 11) is 1.40. The van der Waals surface area contributed by atoms with Crippen molar-refractivity contribution in [2.24, 2.45) is 0 Å². The number of amides is 1. The van der Waals surface area contributed by atoms with Gasteiger partial charge in [-0.25, -0.2) is 13.2 Å². The van der Waals surface area contributed by atoms with Crippen LogP contribution in [0.5, 0.6) is 0 Å². The van der Waals surface area contributed by atoms with E-state index in [-0.39, 0.29) is 11.3 Å². The van der Waals surface area contributed by atoms with Crippen molar-refractivity contribution < 1.29 is 18.0 Å². The average Bonchev–Trinajstić information content (AvgIpc) is 2.42. The lowest BCUT2D eigenvalue weighted by atomic mass is 10.1. The summed E-state index contributed by atoms with van der Waals surface area (Å²) in [6.45, 7) is 0. The number of hydrogen-bond acceptors (Lipinski definition) is 2. The number of hydrogen-bond donors (Lipinski definition) is 1. The zero-order valence-electron chi connectivity index (χ0n) is 10.5. The molecule has 2 aromatic rings. The van der Waals surface area contributed by atoms with Crippen LogP contribution in [-0.4, -0.2) is 13.0 Å². The number of halogens is 3. The fraction of sp³-hybridized carbons (Fsp3) is 0.0714. The maximum Gasteiger partial charge on any atom is 0.261 e. The number of rotatable bonds is 2. The fourth-order valence-electron chi connectivity index (χ4n) is 1.69. The van der Waals surface area contributed by atoms with Gasteiger partial charge in [0, 0.05) is 18.8 Å². The summed E-state index contributed by atoms with van der Waals surface area (Å²) in [6.07, 6.45) is 0. The largest absolute Gasteiger partial charge is 0.396 e. The minimum absolute atomic E-state index is 0.317. The molecule has 0 saturated carbocycles. The van der Waals surface area contributed by atoms with Gasteiger partial charge in [-0.2, -0.15) is 0 Å². The first-order chi connectivity index (χ1) is 9.40. The van der Waals surface area contributed by atoms with Crippen LogP contribution in [0.4, 0.5) is 24.5 Å². The van der Waals surface area contributed by atoms with Crippen molar-refractivity contribution in [3.8, 4) is 0 Å². The summed E-state index contributed by atoms with van der Waals surface area (Å²) in [4.78, 5) is 13.2. The Kier molecular flexibility index (Phi) is 3.65. The Bertz CT molecular complexity index is 656. The van der Waals surface area contributed by atoms with Crippen molar-refractivity contribution in [2.75, 3.05) is 17.7 Å². The van der Waals surface area contributed by atoms with E-state index in [9.17, 15) is 18.0 Å². The molecule has 0 aliphatic carbocycles. The van der Waals surface area contributed by atoms with Crippen molar-refractivity contribution in [1.82, 2.24) is 0 Å². The second-order valence-electron chi connectivity index (χ2n) is 4.19. The molecule has 3 nitrogen and oxygen atoms in total. The van der Waals surface area contributed by atoms with Crippen molar-refractivity contribution in [3.63, 3.8) is 0 Å². The van der Waals surface area contributed by atoms with E-state index in [0.717, 1.165) is 11.0 Å². The summed E-state index contributed by atoms with van der Waals surface area (Å²) in [5.74, 6) is -3.09. The number of carbonyl (C=O) groups excluding carboxylic acids is 1. The molecule has 0 aliphatic heterocycles. The standard InChI is InChI=1S/C14H11F3N2O/c1-19(9-4-2-8(15)3-5-9)14(20)10-6-13(18)12(17)7-11(10)16/h2-7H,18H2,1H3. The third-order valence-electron chi connectivity index (χ3n) is 2.84. The smallest absolute Gasteiger partial charge is 0.261 e. The van der Waals surface area contributed by atoms with E-state index >= 15 is 0 Å². The fourth-order valence-corrected chi connectivity index (χ4v) is 1.69. The lowest BCUT2D eigenvalue weighted by Crippen LogP contribution is -2.27. The van der Waals surface area contributed by atoms with Crippen LogP contribution in [0.25, 0.3) is 0 Å². The number of carbonyl (C=O) groups is 1. The summed E-state index contributed by atoms with van der Waals surface area (Å²) >= 11 is 0. The Morgan fingerprint density at radius 1 is 1.05 bits per heavy atom. The van der Waals surface area contributed by atoms with Crippen molar-refractivity contribution in [2.45, 2.75) is 0 Å². The molecule has 20 heavy (non-hydrogen) atoms. The van der Waals surface area contributed by atoms with Crippen LogP contribution in [0, 0.1) is 17.5 Å². The van der Waals surface area contributed by atoms with E-state index < -0.39 is 23.4 Å². The number of nitrogens with two attached hydrogens (primary N) is 1. The van der Waals surface area contributed by atoms with Crippen molar-refractivity contribution >= 4 is 17.3 Å². The van der Waals surface area contributed by atoms with Gasteiger partial charge in [0.2, 0.25) is 0 Å². The number of anilines is 2. The molecule has 0 fully saturated rings. The first kappa shape index (κ1) is 13.9. The Morgan fingerprint density at radius 2 is 1.65 bits per heavy atom. The van der Waals surface area contributed by atoms with Gasteiger partial charge in [0.05, 0.1) is 11.3 Å². The monoisotopic (exact) mass is 280 g/mol. The topological polar surface area (TPSA) is 46.3 Å². The molecule has 0 atom stereocenters. The van der Waals surface area contributed by atoms with Crippen LogP contribution >= 0.6 is 0 Å². The third kappa shape index (κ3) is 2.59. The molecule has 104 valence electrons. The predicted octanol–water partition coefficient (Wildman–Crippen LogP) is 2.96. The van der Waals surface area contributed by atoms with Gasteiger partial charge in [-0.05, 0) is 30.3 Å². The van der Waals surface area contributed by atoms with E-state index in [1.807, 2.05) is 0 Å². The molecule has 2 rings (SSSR count). The molecular formula is C14H11F3N2O. The highest BCUT2D eigenvalue weighted by atomic mass is 19.1. The highest BCUT2D eigenvalue weighted by molar-refractivity contribution is 6.06. The van der Waals surface area contributed by atoms with Gasteiger partial charge in [0.15, 0.2) is 0 Å². The maximum atomic E-state index is 13.6. The van der Waals surface area contributed by atoms with Crippen molar-refractivity contribution in [3.05, 3.63) is 59.4 Å². The second-order valence-corrected chi connectivity index (χ2v) is 4.19. The zero-order chi connectivity index (χ0) is 14.9. The predicted molar refractivity (Wildman–Crippen MR) is 69.9 cm³/mol.